The third kappa shape index (κ3) is 1.97. The zero-order chi connectivity index (χ0) is 12.4. The Kier molecular flexibility index (Phi) is 3.27. The van der Waals surface area contributed by atoms with Crippen LogP contribution in [-0.2, 0) is 9.59 Å². The molecule has 1 unspecified atom stereocenters. The maximum atomic E-state index is 12.2. The first-order valence-electron chi connectivity index (χ1n) is 6.10. The number of unbranched alkanes of at least 4 members (excludes halogenated alkanes) is 1. The Morgan fingerprint density at radius 1 is 1.35 bits per heavy atom. The van der Waals surface area contributed by atoms with Crippen molar-refractivity contribution in [1.29, 1.82) is 0 Å². The topological polar surface area (TPSA) is 37.4 Å². The third-order valence-corrected chi connectivity index (χ3v) is 3.23. The number of hydrogen-bond acceptors (Lipinski definition) is 2. The first-order valence-corrected chi connectivity index (χ1v) is 6.10. The maximum absolute atomic E-state index is 12.2. The van der Waals surface area contributed by atoms with Crippen molar-refractivity contribution in [2.24, 2.45) is 0 Å². The number of benzene rings is 1. The molecule has 0 fully saturated rings. The Morgan fingerprint density at radius 2 is 2.06 bits per heavy atom. The van der Waals surface area contributed by atoms with E-state index in [1.165, 1.54) is 11.8 Å². The predicted octanol–water partition coefficient (Wildman–Crippen LogP) is 2.85. The van der Waals surface area contributed by atoms with Gasteiger partial charge < -0.3 is 0 Å². The van der Waals surface area contributed by atoms with Crippen molar-refractivity contribution in [3.8, 4) is 0 Å². The van der Waals surface area contributed by atoms with Gasteiger partial charge in [-0.3, -0.25) is 9.59 Å². The molecule has 0 bridgehead atoms. The van der Waals surface area contributed by atoms with E-state index >= 15 is 0 Å². The molecule has 0 aliphatic carbocycles. The minimum absolute atomic E-state index is 0.0628. The van der Waals surface area contributed by atoms with E-state index in [2.05, 4.69) is 6.92 Å². The first-order chi connectivity index (χ1) is 8.16. The summed E-state index contributed by atoms with van der Waals surface area (Å²) in [5, 5.41) is 0. The van der Waals surface area contributed by atoms with Crippen molar-refractivity contribution in [3.05, 3.63) is 29.8 Å². The molecule has 0 saturated heterocycles. The number of carbonyl (C=O) groups is 2. The lowest BCUT2D eigenvalue weighted by atomic mass is 9.95. The standard InChI is InChI=1S/C14H17NO2/c1-3-4-7-12-11-8-5-6-9-13(11)15(10(2)16)14(12)17/h5-6,8-9,12H,3-4,7H2,1-2H3. The van der Waals surface area contributed by atoms with Gasteiger partial charge >= 0.3 is 0 Å². The van der Waals surface area contributed by atoms with Crippen LogP contribution in [0.25, 0.3) is 0 Å². The van der Waals surface area contributed by atoms with Crippen molar-refractivity contribution in [3.63, 3.8) is 0 Å². The lowest BCUT2D eigenvalue weighted by Gasteiger charge is -2.13. The molecule has 0 saturated carbocycles. The maximum Gasteiger partial charge on any atom is 0.241 e. The van der Waals surface area contributed by atoms with Gasteiger partial charge in [0.05, 0.1) is 11.6 Å². The summed E-state index contributed by atoms with van der Waals surface area (Å²) < 4.78 is 0. The van der Waals surface area contributed by atoms with Gasteiger partial charge in [0, 0.05) is 6.92 Å². The molecule has 17 heavy (non-hydrogen) atoms. The van der Waals surface area contributed by atoms with E-state index in [-0.39, 0.29) is 17.7 Å². The summed E-state index contributed by atoms with van der Waals surface area (Å²) in [6, 6.07) is 7.59. The fraction of sp³-hybridized carbons (Fsp3) is 0.429. The second-order valence-electron chi connectivity index (χ2n) is 4.45. The van der Waals surface area contributed by atoms with E-state index in [0.717, 1.165) is 30.5 Å². The number of rotatable bonds is 3. The molecule has 1 aliphatic heterocycles. The van der Waals surface area contributed by atoms with E-state index in [4.69, 9.17) is 0 Å². The van der Waals surface area contributed by atoms with Crippen LogP contribution in [0.4, 0.5) is 5.69 Å². The van der Waals surface area contributed by atoms with Crippen molar-refractivity contribution in [1.82, 2.24) is 0 Å². The fourth-order valence-corrected chi connectivity index (χ4v) is 2.41. The van der Waals surface area contributed by atoms with E-state index in [1.807, 2.05) is 24.3 Å². The van der Waals surface area contributed by atoms with E-state index in [0.29, 0.717) is 0 Å². The molecule has 2 rings (SSSR count). The third-order valence-electron chi connectivity index (χ3n) is 3.23. The number of imide groups is 1. The Bertz CT molecular complexity index is 453. The molecular weight excluding hydrogens is 214 g/mol. The van der Waals surface area contributed by atoms with Crippen LogP contribution in [0.3, 0.4) is 0 Å². The highest BCUT2D eigenvalue weighted by atomic mass is 16.2. The highest BCUT2D eigenvalue weighted by Gasteiger charge is 2.38. The number of para-hydroxylation sites is 1. The Balaban J connectivity index is 2.38. The molecular formula is C14H17NO2. The average molecular weight is 231 g/mol. The van der Waals surface area contributed by atoms with Gasteiger partial charge in [0.2, 0.25) is 11.8 Å². The zero-order valence-corrected chi connectivity index (χ0v) is 10.3. The molecule has 1 aromatic carbocycles. The van der Waals surface area contributed by atoms with E-state index < -0.39 is 0 Å². The molecule has 0 aromatic heterocycles. The van der Waals surface area contributed by atoms with Gasteiger partial charge in [-0.25, -0.2) is 4.90 Å². The smallest absolute Gasteiger partial charge is 0.241 e. The van der Waals surface area contributed by atoms with Crippen molar-refractivity contribution < 1.29 is 9.59 Å². The summed E-state index contributed by atoms with van der Waals surface area (Å²) in [5.74, 6) is -0.386. The van der Waals surface area contributed by atoms with Crippen molar-refractivity contribution in [2.75, 3.05) is 4.90 Å². The summed E-state index contributed by atoms with van der Waals surface area (Å²) in [6.07, 6.45) is 2.90. The van der Waals surface area contributed by atoms with Gasteiger partial charge in [-0.15, -0.1) is 0 Å². The number of amides is 2. The van der Waals surface area contributed by atoms with Crippen LogP contribution >= 0.6 is 0 Å². The number of hydrogen-bond donors (Lipinski definition) is 0. The lowest BCUT2D eigenvalue weighted by molar-refractivity contribution is -0.125. The minimum Gasteiger partial charge on any atom is -0.274 e. The van der Waals surface area contributed by atoms with Crippen LogP contribution in [0.1, 0.15) is 44.6 Å². The Labute approximate surface area is 101 Å². The highest BCUT2D eigenvalue weighted by molar-refractivity contribution is 6.20. The SMILES string of the molecule is CCCCC1C(=O)N(C(C)=O)c2ccccc21. The molecule has 1 aromatic rings. The predicted molar refractivity (Wildman–Crippen MR) is 66.9 cm³/mol. The molecule has 1 heterocycles. The molecule has 1 atom stereocenters. The summed E-state index contributed by atoms with van der Waals surface area (Å²) >= 11 is 0. The molecule has 2 amide bonds. The monoisotopic (exact) mass is 231 g/mol. The second-order valence-corrected chi connectivity index (χ2v) is 4.45. The van der Waals surface area contributed by atoms with Crippen LogP contribution in [0, 0.1) is 0 Å². The van der Waals surface area contributed by atoms with Gasteiger partial charge in [0.25, 0.3) is 0 Å². The molecule has 1 aliphatic rings. The summed E-state index contributed by atoms with van der Waals surface area (Å²) in [4.78, 5) is 25.1. The van der Waals surface area contributed by atoms with Gasteiger partial charge in [0.1, 0.15) is 0 Å². The van der Waals surface area contributed by atoms with Gasteiger partial charge in [-0.05, 0) is 18.1 Å². The largest absolute Gasteiger partial charge is 0.274 e. The fourth-order valence-electron chi connectivity index (χ4n) is 2.41. The zero-order valence-electron chi connectivity index (χ0n) is 10.3. The lowest BCUT2D eigenvalue weighted by Crippen LogP contribution is -2.33. The second kappa shape index (κ2) is 4.70. The number of anilines is 1. The molecule has 0 spiro atoms. The Morgan fingerprint density at radius 3 is 2.71 bits per heavy atom. The number of nitrogens with zero attached hydrogens (tertiary/aromatic N) is 1. The van der Waals surface area contributed by atoms with Crippen LogP contribution in [0.2, 0.25) is 0 Å². The van der Waals surface area contributed by atoms with Crippen molar-refractivity contribution >= 4 is 17.5 Å². The Hall–Kier alpha value is -1.64. The summed E-state index contributed by atoms with van der Waals surface area (Å²) in [6.45, 7) is 3.55. The van der Waals surface area contributed by atoms with Gasteiger partial charge in [0.15, 0.2) is 0 Å². The van der Waals surface area contributed by atoms with Crippen LogP contribution in [0.15, 0.2) is 24.3 Å². The van der Waals surface area contributed by atoms with Gasteiger partial charge in [-0.1, -0.05) is 38.0 Å². The summed E-state index contributed by atoms with van der Waals surface area (Å²) in [7, 11) is 0. The summed E-state index contributed by atoms with van der Waals surface area (Å²) in [5.41, 5.74) is 1.77. The quantitative estimate of drug-likeness (QED) is 0.802. The van der Waals surface area contributed by atoms with Crippen LogP contribution in [0.5, 0.6) is 0 Å². The molecule has 3 nitrogen and oxygen atoms in total. The minimum atomic E-state index is -0.193. The van der Waals surface area contributed by atoms with Crippen molar-refractivity contribution in [2.45, 2.75) is 39.0 Å². The number of fused-ring (bicyclic) bond motifs is 1. The van der Waals surface area contributed by atoms with Crippen LogP contribution in [-0.4, -0.2) is 11.8 Å². The first kappa shape index (κ1) is 11.8. The molecule has 90 valence electrons. The average Bonchev–Trinajstić information content (AvgIpc) is 2.58. The molecule has 0 radical (unpaired) electrons. The number of carbonyl (C=O) groups excluding carboxylic acids is 2. The highest BCUT2D eigenvalue weighted by Crippen LogP contribution is 2.39. The van der Waals surface area contributed by atoms with E-state index in [1.54, 1.807) is 0 Å². The normalized spacial score (nSPS) is 18.4. The van der Waals surface area contributed by atoms with Gasteiger partial charge in [-0.2, -0.15) is 0 Å². The molecule has 0 N–H and O–H groups in total. The molecule has 3 heteroatoms. The van der Waals surface area contributed by atoms with E-state index in [9.17, 15) is 9.59 Å². The van der Waals surface area contributed by atoms with Crippen LogP contribution < -0.4 is 4.90 Å².